The van der Waals surface area contributed by atoms with Crippen LogP contribution in [0.5, 0.6) is 6.01 Å². The van der Waals surface area contributed by atoms with Crippen molar-refractivity contribution < 1.29 is 13.5 Å². The van der Waals surface area contributed by atoms with Gasteiger partial charge in [0.2, 0.25) is 0 Å². The second kappa shape index (κ2) is 6.62. The summed E-state index contributed by atoms with van der Waals surface area (Å²) in [4.78, 5) is 14.8. The molecule has 2 aliphatic heterocycles. The second-order valence-electron chi connectivity index (χ2n) is 8.31. The topological polar surface area (TPSA) is 63.2 Å². The first-order valence-electron chi connectivity index (χ1n) is 9.75. The minimum Gasteiger partial charge on any atom is -0.461 e. The van der Waals surface area contributed by atoms with E-state index in [9.17, 15) is 8.78 Å². The van der Waals surface area contributed by atoms with E-state index in [0.29, 0.717) is 36.7 Å². The van der Waals surface area contributed by atoms with E-state index in [1.54, 1.807) is 0 Å². The van der Waals surface area contributed by atoms with Crippen LogP contribution in [0.15, 0.2) is 6.20 Å². The lowest BCUT2D eigenvalue weighted by Crippen LogP contribution is -2.43. The largest absolute Gasteiger partial charge is 0.461 e. The molecule has 1 aliphatic carbocycles. The summed E-state index contributed by atoms with van der Waals surface area (Å²) in [6.45, 7) is 3.75. The van der Waals surface area contributed by atoms with Crippen molar-refractivity contribution in [2.75, 3.05) is 25.0 Å². The highest BCUT2D eigenvalue weighted by Crippen LogP contribution is 2.40. The smallest absolute Gasteiger partial charge is 0.319 e. The lowest BCUT2D eigenvalue weighted by atomic mass is 9.95. The van der Waals surface area contributed by atoms with Gasteiger partial charge in [-0.2, -0.15) is 9.97 Å². The Morgan fingerprint density at radius 3 is 3.04 bits per heavy atom. The molecule has 4 heterocycles. The zero-order chi connectivity index (χ0) is 19.5. The van der Waals surface area contributed by atoms with Crippen LogP contribution in [-0.2, 0) is 0 Å². The number of nitrogens with zero attached hydrogens (tertiary/aromatic N) is 4. The summed E-state index contributed by atoms with van der Waals surface area (Å²) in [5.41, 5.74) is -0.235. The van der Waals surface area contributed by atoms with Crippen LogP contribution < -0.4 is 10.1 Å². The predicted octanol–water partition coefficient (Wildman–Crippen LogP) is 3.59. The molecule has 2 unspecified atom stereocenters. The molecule has 1 saturated carbocycles. The fraction of sp³-hybridized carbons (Fsp3) is 0.632. The minimum atomic E-state index is -0.836. The van der Waals surface area contributed by atoms with Gasteiger partial charge in [0.05, 0.1) is 10.9 Å². The van der Waals surface area contributed by atoms with Crippen molar-refractivity contribution in [2.45, 2.75) is 50.4 Å². The third-order valence-electron chi connectivity index (χ3n) is 6.28. The van der Waals surface area contributed by atoms with Gasteiger partial charge >= 0.3 is 6.01 Å². The summed E-state index contributed by atoms with van der Waals surface area (Å²) in [5, 5.41) is 3.56. The Morgan fingerprint density at radius 1 is 1.43 bits per heavy atom. The third-order valence-corrected chi connectivity index (χ3v) is 6.55. The maximum atomic E-state index is 14.6. The lowest BCUT2D eigenvalue weighted by Gasteiger charge is -2.30. The number of alkyl halides is 1. The number of hydrogen-bond acceptors (Lipinski definition) is 6. The maximum Gasteiger partial charge on any atom is 0.319 e. The number of pyridine rings is 1. The van der Waals surface area contributed by atoms with E-state index in [-0.39, 0.29) is 28.3 Å². The van der Waals surface area contributed by atoms with E-state index in [0.717, 1.165) is 25.8 Å². The fourth-order valence-electron chi connectivity index (χ4n) is 4.54. The first-order valence-corrected chi connectivity index (χ1v) is 10.1. The Kier molecular flexibility index (Phi) is 4.32. The molecule has 9 heteroatoms. The van der Waals surface area contributed by atoms with E-state index >= 15 is 0 Å². The van der Waals surface area contributed by atoms with Crippen molar-refractivity contribution in [3.05, 3.63) is 17.2 Å². The lowest BCUT2D eigenvalue weighted by molar-refractivity contribution is 0.107. The van der Waals surface area contributed by atoms with E-state index in [1.165, 1.54) is 6.20 Å². The van der Waals surface area contributed by atoms with Crippen LogP contribution in [0, 0.1) is 11.7 Å². The molecule has 1 N–H and O–H groups in total. The molecule has 150 valence electrons. The Bertz CT molecular complexity index is 931. The van der Waals surface area contributed by atoms with Gasteiger partial charge in [-0.15, -0.1) is 0 Å². The first-order chi connectivity index (χ1) is 13.4. The molecule has 3 aliphatic rings. The zero-order valence-corrected chi connectivity index (χ0v) is 16.3. The molecule has 0 bridgehead atoms. The van der Waals surface area contributed by atoms with Gasteiger partial charge in [0.1, 0.15) is 24.1 Å². The summed E-state index contributed by atoms with van der Waals surface area (Å²) in [6, 6.07) is 0.365. The van der Waals surface area contributed by atoms with E-state index in [2.05, 4.69) is 32.1 Å². The van der Waals surface area contributed by atoms with Gasteiger partial charge in [-0.3, -0.25) is 4.90 Å². The minimum absolute atomic E-state index is 0.0769. The highest BCUT2D eigenvalue weighted by Gasteiger charge is 2.49. The van der Waals surface area contributed by atoms with Crippen LogP contribution in [0.2, 0.25) is 5.15 Å². The maximum absolute atomic E-state index is 14.6. The molecule has 2 aromatic heterocycles. The number of ether oxygens (including phenoxy) is 1. The van der Waals surface area contributed by atoms with Crippen LogP contribution in [-0.4, -0.2) is 57.3 Å². The molecular formula is C19H22ClF2N5O. The average molecular weight is 410 g/mol. The highest BCUT2D eigenvalue weighted by molar-refractivity contribution is 6.30. The van der Waals surface area contributed by atoms with Crippen molar-refractivity contribution in [1.29, 1.82) is 0 Å². The average Bonchev–Trinajstić information content (AvgIpc) is 3.07. The molecular weight excluding hydrogens is 388 g/mol. The van der Waals surface area contributed by atoms with Crippen LogP contribution in [0.25, 0.3) is 10.9 Å². The zero-order valence-electron chi connectivity index (χ0n) is 15.6. The number of nitrogens with one attached hydrogen (secondary N) is 1. The third kappa shape index (κ3) is 3.06. The first kappa shape index (κ1) is 18.2. The Morgan fingerprint density at radius 2 is 2.25 bits per heavy atom. The summed E-state index contributed by atoms with van der Waals surface area (Å²) < 4.78 is 34.4. The fourth-order valence-corrected chi connectivity index (χ4v) is 4.67. The van der Waals surface area contributed by atoms with Gasteiger partial charge in [0.25, 0.3) is 0 Å². The molecule has 0 aromatic carbocycles. The summed E-state index contributed by atoms with van der Waals surface area (Å²) in [7, 11) is 0. The molecule has 28 heavy (non-hydrogen) atoms. The molecule has 0 spiro atoms. The van der Waals surface area contributed by atoms with Crippen LogP contribution in [0.3, 0.4) is 0 Å². The molecule has 4 atom stereocenters. The van der Waals surface area contributed by atoms with Crippen molar-refractivity contribution in [1.82, 2.24) is 19.9 Å². The Balaban J connectivity index is 1.46. The number of aromatic nitrogens is 3. The van der Waals surface area contributed by atoms with Crippen molar-refractivity contribution in [3.8, 4) is 6.01 Å². The predicted molar refractivity (Wildman–Crippen MR) is 102 cm³/mol. The molecule has 5 rings (SSSR count). The molecule has 2 saturated heterocycles. The second-order valence-corrected chi connectivity index (χ2v) is 8.67. The SMILES string of the molecule is CC1CC1Nc1nc(OC[C@@]23CCCN2C[C@H](F)C3)nc2c(F)c(Cl)ncc12. The molecule has 3 fully saturated rings. The van der Waals surface area contributed by atoms with E-state index in [4.69, 9.17) is 16.3 Å². The molecule has 0 radical (unpaired) electrons. The summed E-state index contributed by atoms with van der Waals surface area (Å²) in [5.74, 6) is 0.335. The van der Waals surface area contributed by atoms with Crippen molar-refractivity contribution in [3.63, 3.8) is 0 Å². The quantitative estimate of drug-likeness (QED) is 0.761. The normalized spacial score (nSPS) is 31.9. The number of fused-ring (bicyclic) bond motifs is 2. The number of anilines is 1. The van der Waals surface area contributed by atoms with Crippen LogP contribution >= 0.6 is 11.6 Å². The molecule has 0 amide bonds. The van der Waals surface area contributed by atoms with Crippen LogP contribution in [0.1, 0.15) is 32.6 Å². The number of hydrogen-bond donors (Lipinski definition) is 1. The summed E-state index contributed by atoms with van der Waals surface area (Å²) in [6.07, 6.45) is 4.03. The highest BCUT2D eigenvalue weighted by atomic mass is 35.5. The van der Waals surface area contributed by atoms with Gasteiger partial charge in [0.15, 0.2) is 11.0 Å². The van der Waals surface area contributed by atoms with Crippen molar-refractivity contribution in [2.24, 2.45) is 5.92 Å². The Hall–Kier alpha value is -1.80. The van der Waals surface area contributed by atoms with E-state index in [1.807, 2.05) is 0 Å². The Labute approximate surface area is 166 Å². The van der Waals surface area contributed by atoms with Crippen LogP contribution in [0.4, 0.5) is 14.6 Å². The standard InChI is InChI=1S/C19H22ClF2N5O/c1-10-5-13(10)24-17-12-7-23-16(20)14(22)15(12)25-18(26-17)28-9-19-3-2-4-27(19)8-11(21)6-19/h7,10-11,13H,2-6,8-9H2,1H3,(H,24,25,26)/t10?,11-,13?,19+/m1/s1. The monoisotopic (exact) mass is 409 g/mol. The number of rotatable bonds is 5. The van der Waals surface area contributed by atoms with Gasteiger partial charge in [0, 0.05) is 25.2 Å². The van der Waals surface area contributed by atoms with Gasteiger partial charge in [-0.1, -0.05) is 18.5 Å². The van der Waals surface area contributed by atoms with Crippen molar-refractivity contribution >= 4 is 28.3 Å². The number of halogens is 3. The van der Waals surface area contributed by atoms with Gasteiger partial charge in [-0.25, -0.2) is 13.8 Å². The van der Waals surface area contributed by atoms with Gasteiger partial charge < -0.3 is 10.1 Å². The molecule has 2 aromatic rings. The van der Waals surface area contributed by atoms with E-state index < -0.39 is 12.0 Å². The summed E-state index contributed by atoms with van der Waals surface area (Å²) >= 11 is 5.85. The van der Waals surface area contributed by atoms with Gasteiger partial charge in [-0.05, 0) is 31.7 Å². The molecule has 6 nitrogen and oxygen atoms in total.